The van der Waals surface area contributed by atoms with Crippen LogP contribution < -0.4 is 10.6 Å². The van der Waals surface area contributed by atoms with E-state index in [9.17, 15) is 0 Å². The van der Waals surface area contributed by atoms with Crippen LogP contribution in [0.1, 0.15) is 11.1 Å². The zero-order valence-electron chi connectivity index (χ0n) is 14.6. The Bertz CT molecular complexity index is 1010. The molecule has 4 rings (SSSR count). The van der Waals surface area contributed by atoms with Crippen molar-refractivity contribution in [3.63, 3.8) is 0 Å². The van der Waals surface area contributed by atoms with E-state index in [1.54, 1.807) is 0 Å². The van der Waals surface area contributed by atoms with E-state index in [1.165, 1.54) is 11.1 Å². The second kappa shape index (κ2) is 7.23. The molecule has 0 atom stereocenters. The molecule has 128 valence electrons. The van der Waals surface area contributed by atoms with Gasteiger partial charge in [-0.1, -0.05) is 60.2 Å². The van der Waals surface area contributed by atoms with Crippen LogP contribution in [0.2, 0.25) is 0 Å². The van der Waals surface area contributed by atoms with Gasteiger partial charge in [0, 0.05) is 17.6 Å². The maximum absolute atomic E-state index is 4.70. The first kappa shape index (κ1) is 16.1. The minimum absolute atomic E-state index is 0.585. The standard InChI is InChI=1S/C22H20N4/c1-16-11-13-17(14-12-16)15-23-21-19-9-5-6-10-20(19)25-22(26-21)24-18-7-3-2-4-8-18/h2-14H,15H2,1H3,(H2,23,24,25,26). The molecule has 0 unspecified atom stereocenters. The van der Waals surface area contributed by atoms with Gasteiger partial charge in [-0.15, -0.1) is 0 Å². The van der Waals surface area contributed by atoms with Crippen molar-refractivity contribution in [1.29, 1.82) is 0 Å². The Morgan fingerprint density at radius 1 is 0.769 bits per heavy atom. The van der Waals surface area contributed by atoms with Gasteiger partial charge in [-0.25, -0.2) is 4.98 Å². The normalized spacial score (nSPS) is 10.7. The Balaban J connectivity index is 1.64. The molecule has 3 aromatic carbocycles. The number of rotatable bonds is 5. The highest BCUT2D eigenvalue weighted by molar-refractivity contribution is 5.90. The highest BCUT2D eigenvalue weighted by atomic mass is 15.1. The van der Waals surface area contributed by atoms with Crippen LogP contribution >= 0.6 is 0 Å². The molecule has 4 nitrogen and oxygen atoms in total. The van der Waals surface area contributed by atoms with Gasteiger partial charge in [0.25, 0.3) is 0 Å². The first-order chi connectivity index (χ1) is 12.8. The zero-order chi connectivity index (χ0) is 17.8. The summed E-state index contributed by atoms with van der Waals surface area (Å²) in [5.41, 5.74) is 4.35. The Morgan fingerprint density at radius 2 is 1.50 bits per heavy atom. The lowest BCUT2D eigenvalue weighted by Gasteiger charge is -2.12. The number of nitrogens with one attached hydrogen (secondary N) is 2. The smallest absolute Gasteiger partial charge is 0.229 e. The van der Waals surface area contributed by atoms with Crippen LogP contribution in [0.15, 0.2) is 78.9 Å². The average Bonchev–Trinajstić information content (AvgIpc) is 2.68. The molecule has 1 aromatic heterocycles. The van der Waals surface area contributed by atoms with E-state index in [0.29, 0.717) is 12.5 Å². The molecule has 0 radical (unpaired) electrons. The van der Waals surface area contributed by atoms with Crippen molar-refractivity contribution in [2.45, 2.75) is 13.5 Å². The average molecular weight is 340 g/mol. The van der Waals surface area contributed by atoms with Crippen LogP contribution in [0.5, 0.6) is 0 Å². The molecule has 0 saturated carbocycles. The zero-order valence-corrected chi connectivity index (χ0v) is 14.6. The summed E-state index contributed by atoms with van der Waals surface area (Å²) in [6.07, 6.45) is 0. The Labute approximate surface area is 152 Å². The van der Waals surface area contributed by atoms with Gasteiger partial charge in [-0.3, -0.25) is 0 Å². The number of fused-ring (bicyclic) bond motifs is 1. The number of aromatic nitrogens is 2. The minimum Gasteiger partial charge on any atom is -0.365 e. The fourth-order valence-corrected chi connectivity index (χ4v) is 2.81. The fraction of sp³-hybridized carbons (Fsp3) is 0.0909. The van der Waals surface area contributed by atoms with E-state index in [1.807, 2.05) is 54.6 Å². The number of anilines is 3. The van der Waals surface area contributed by atoms with Crippen molar-refractivity contribution >= 4 is 28.4 Å². The Hall–Kier alpha value is -3.40. The molecule has 0 aliphatic heterocycles. The van der Waals surface area contributed by atoms with Crippen molar-refractivity contribution in [3.05, 3.63) is 90.0 Å². The lowest BCUT2D eigenvalue weighted by atomic mass is 10.1. The highest BCUT2D eigenvalue weighted by Gasteiger charge is 2.08. The van der Waals surface area contributed by atoms with Crippen LogP contribution in [0.25, 0.3) is 10.9 Å². The topological polar surface area (TPSA) is 49.8 Å². The van der Waals surface area contributed by atoms with Gasteiger partial charge in [0.15, 0.2) is 0 Å². The summed E-state index contributed by atoms with van der Waals surface area (Å²) in [4.78, 5) is 9.33. The van der Waals surface area contributed by atoms with Gasteiger partial charge in [-0.2, -0.15) is 4.98 Å². The largest absolute Gasteiger partial charge is 0.365 e. The monoisotopic (exact) mass is 340 g/mol. The van der Waals surface area contributed by atoms with Crippen molar-refractivity contribution in [2.75, 3.05) is 10.6 Å². The maximum Gasteiger partial charge on any atom is 0.229 e. The van der Waals surface area contributed by atoms with E-state index in [0.717, 1.165) is 22.4 Å². The Morgan fingerprint density at radius 3 is 2.31 bits per heavy atom. The van der Waals surface area contributed by atoms with Gasteiger partial charge >= 0.3 is 0 Å². The Kier molecular flexibility index (Phi) is 4.48. The van der Waals surface area contributed by atoms with Crippen LogP contribution in [0.3, 0.4) is 0 Å². The van der Waals surface area contributed by atoms with E-state index in [2.05, 4.69) is 46.8 Å². The number of aryl methyl sites for hydroxylation is 1. The number of hydrogen-bond donors (Lipinski definition) is 2. The molecule has 26 heavy (non-hydrogen) atoms. The van der Waals surface area contributed by atoms with Gasteiger partial charge in [-0.05, 0) is 36.8 Å². The predicted octanol–water partition coefficient (Wildman–Crippen LogP) is 5.29. The number of para-hydroxylation sites is 2. The van der Waals surface area contributed by atoms with Crippen LogP contribution in [0, 0.1) is 6.92 Å². The van der Waals surface area contributed by atoms with Crippen LogP contribution in [0.4, 0.5) is 17.5 Å². The minimum atomic E-state index is 0.585. The summed E-state index contributed by atoms with van der Waals surface area (Å²) in [6, 6.07) is 26.5. The second-order valence-corrected chi connectivity index (χ2v) is 6.24. The van der Waals surface area contributed by atoms with Crippen molar-refractivity contribution in [2.24, 2.45) is 0 Å². The summed E-state index contributed by atoms with van der Waals surface area (Å²) in [6.45, 7) is 2.81. The molecule has 0 fully saturated rings. The van der Waals surface area contributed by atoms with Crippen molar-refractivity contribution < 1.29 is 0 Å². The lowest BCUT2D eigenvalue weighted by molar-refractivity contribution is 1.10. The summed E-state index contributed by atoms with van der Waals surface area (Å²) in [5, 5.41) is 7.75. The van der Waals surface area contributed by atoms with Gasteiger partial charge < -0.3 is 10.6 Å². The predicted molar refractivity (Wildman–Crippen MR) is 108 cm³/mol. The fourth-order valence-electron chi connectivity index (χ4n) is 2.81. The quantitative estimate of drug-likeness (QED) is 0.518. The molecule has 0 bridgehead atoms. The van der Waals surface area contributed by atoms with Crippen LogP contribution in [-0.4, -0.2) is 9.97 Å². The third kappa shape index (κ3) is 3.64. The van der Waals surface area contributed by atoms with E-state index < -0.39 is 0 Å². The van der Waals surface area contributed by atoms with Gasteiger partial charge in [0.1, 0.15) is 5.82 Å². The molecule has 4 aromatic rings. The molecule has 0 aliphatic rings. The molecule has 0 aliphatic carbocycles. The third-order valence-electron chi connectivity index (χ3n) is 4.21. The summed E-state index contributed by atoms with van der Waals surface area (Å²) in [7, 11) is 0. The SMILES string of the molecule is Cc1ccc(CNc2nc(Nc3ccccc3)nc3ccccc23)cc1. The summed E-state index contributed by atoms with van der Waals surface area (Å²) >= 11 is 0. The second-order valence-electron chi connectivity index (χ2n) is 6.24. The molecule has 1 heterocycles. The number of hydrogen-bond acceptors (Lipinski definition) is 4. The molecule has 0 saturated heterocycles. The van der Waals surface area contributed by atoms with E-state index >= 15 is 0 Å². The molecule has 2 N–H and O–H groups in total. The number of nitrogens with zero attached hydrogens (tertiary/aromatic N) is 2. The highest BCUT2D eigenvalue weighted by Crippen LogP contribution is 2.24. The summed E-state index contributed by atoms with van der Waals surface area (Å²) < 4.78 is 0. The molecular formula is C22H20N4. The van der Waals surface area contributed by atoms with Crippen molar-refractivity contribution in [1.82, 2.24) is 9.97 Å². The molecule has 4 heteroatoms. The van der Waals surface area contributed by atoms with E-state index in [4.69, 9.17) is 4.98 Å². The molecular weight excluding hydrogens is 320 g/mol. The summed E-state index contributed by atoms with van der Waals surface area (Å²) in [5.74, 6) is 1.41. The van der Waals surface area contributed by atoms with Crippen molar-refractivity contribution in [3.8, 4) is 0 Å². The molecule has 0 spiro atoms. The first-order valence-electron chi connectivity index (χ1n) is 8.66. The van der Waals surface area contributed by atoms with Crippen LogP contribution in [-0.2, 0) is 6.54 Å². The van der Waals surface area contributed by atoms with E-state index in [-0.39, 0.29) is 0 Å². The lowest BCUT2D eigenvalue weighted by Crippen LogP contribution is -2.05. The van der Waals surface area contributed by atoms with Gasteiger partial charge in [0.2, 0.25) is 5.95 Å². The maximum atomic E-state index is 4.70. The van der Waals surface area contributed by atoms with Gasteiger partial charge in [0.05, 0.1) is 5.52 Å². The third-order valence-corrected chi connectivity index (χ3v) is 4.21. The number of benzene rings is 3. The first-order valence-corrected chi connectivity index (χ1v) is 8.66. The molecule has 0 amide bonds.